The molecule has 0 radical (unpaired) electrons. The first kappa shape index (κ1) is 11.1. The van der Waals surface area contributed by atoms with Crippen LogP contribution >= 0.6 is 0 Å². The molecule has 0 spiro atoms. The molecule has 0 aliphatic carbocycles. The van der Waals surface area contributed by atoms with Gasteiger partial charge in [-0.2, -0.15) is 5.10 Å². The second-order valence-electron chi connectivity index (χ2n) is 3.68. The minimum absolute atomic E-state index is 0.219. The summed E-state index contributed by atoms with van der Waals surface area (Å²) in [7, 11) is 1.73. The first-order valence-corrected chi connectivity index (χ1v) is 5.07. The van der Waals surface area contributed by atoms with Crippen molar-refractivity contribution in [2.45, 2.75) is 6.92 Å². The highest BCUT2D eigenvalue weighted by atomic mass is 16.2. The van der Waals surface area contributed by atoms with E-state index in [1.54, 1.807) is 23.9 Å². The number of pyridine rings is 1. The molecule has 0 aromatic carbocycles. The Kier molecular flexibility index (Phi) is 2.78. The number of hydrogen-bond acceptors (Lipinski definition) is 3. The van der Waals surface area contributed by atoms with Gasteiger partial charge in [-0.05, 0) is 13.0 Å². The number of carbonyl (C=O) groups is 1. The van der Waals surface area contributed by atoms with Gasteiger partial charge in [0.15, 0.2) is 0 Å². The summed E-state index contributed by atoms with van der Waals surface area (Å²) in [5.41, 5.74) is 0.722. The van der Waals surface area contributed by atoms with Gasteiger partial charge in [0.2, 0.25) is 5.56 Å². The molecular weight excluding hydrogens is 220 g/mol. The van der Waals surface area contributed by atoms with Crippen molar-refractivity contribution < 1.29 is 4.79 Å². The van der Waals surface area contributed by atoms with Crippen molar-refractivity contribution in [2.24, 2.45) is 7.05 Å². The van der Waals surface area contributed by atoms with Crippen LogP contribution < -0.4 is 10.9 Å². The van der Waals surface area contributed by atoms with Gasteiger partial charge >= 0.3 is 0 Å². The number of aryl methyl sites for hydroxylation is 2. The number of carbonyl (C=O) groups excluding carboxylic acids is 1. The first-order valence-electron chi connectivity index (χ1n) is 5.07. The molecule has 88 valence electrons. The van der Waals surface area contributed by atoms with Crippen molar-refractivity contribution in [1.29, 1.82) is 0 Å². The normalized spacial score (nSPS) is 10.2. The van der Waals surface area contributed by atoms with Crippen molar-refractivity contribution in [3.8, 4) is 0 Å². The number of aromatic nitrogens is 3. The third-order valence-corrected chi connectivity index (χ3v) is 2.26. The van der Waals surface area contributed by atoms with Gasteiger partial charge < -0.3 is 10.3 Å². The lowest BCUT2D eigenvalue weighted by atomic mass is 10.3. The van der Waals surface area contributed by atoms with E-state index in [1.807, 2.05) is 6.92 Å². The summed E-state index contributed by atoms with van der Waals surface area (Å²) in [4.78, 5) is 25.3. The van der Waals surface area contributed by atoms with Crippen LogP contribution in [0.25, 0.3) is 0 Å². The Morgan fingerprint density at radius 1 is 1.47 bits per heavy atom. The van der Waals surface area contributed by atoms with Crippen molar-refractivity contribution in [2.75, 3.05) is 5.32 Å². The lowest BCUT2D eigenvalue weighted by Crippen LogP contribution is -2.19. The zero-order valence-electron chi connectivity index (χ0n) is 9.52. The number of hydrogen-bond donors (Lipinski definition) is 2. The lowest BCUT2D eigenvalue weighted by Gasteiger charge is -2.04. The molecule has 0 atom stereocenters. The zero-order chi connectivity index (χ0) is 12.4. The van der Waals surface area contributed by atoms with E-state index < -0.39 is 0 Å². The van der Waals surface area contributed by atoms with Crippen molar-refractivity contribution in [3.63, 3.8) is 0 Å². The molecule has 0 bridgehead atoms. The van der Waals surface area contributed by atoms with Crippen molar-refractivity contribution in [3.05, 3.63) is 46.0 Å². The molecule has 2 rings (SSSR count). The van der Waals surface area contributed by atoms with E-state index >= 15 is 0 Å². The summed E-state index contributed by atoms with van der Waals surface area (Å²) in [6, 6.07) is 6.17. The fourth-order valence-electron chi connectivity index (χ4n) is 1.49. The predicted molar refractivity (Wildman–Crippen MR) is 63.0 cm³/mol. The maximum absolute atomic E-state index is 11.8. The number of nitrogens with one attached hydrogen (secondary N) is 2. The molecule has 17 heavy (non-hydrogen) atoms. The summed E-state index contributed by atoms with van der Waals surface area (Å²) in [6.45, 7) is 1.83. The Hall–Kier alpha value is -2.37. The fraction of sp³-hybridized carbons (Fsp3) is 0.182. The van der Waals surface area contributed by atoms with Gasteiger partial charge in [-0.25, -0.2) is 0 Å². The van der Waals surface area contributed by atoms with Crippen LogP contribution in [0.4, 0.5) is 5.82 Å². The summed E-state index contributed by atoms with van der Waals surface area (Å²) in [5.74, 6) is 0.211. The average molecular weight is 232 g/mol. The molecule has 0 saturated heterocycles. The van der Waals surface area contributed by atoms with Crippen LogP contribution in [0, 0.1) is 6.92 Å². The van der Waals surface area contributed by atoms with Gasteiger partial charge in [-0.15, -0.1) is 0 Å². The average Bonchev–Trinajstić information content (AvgIpc) is 2.57. The summed E-state index contributed by atoms with van der Waals surface area (Å²) >= 11 is 0. The number of anilines is 1. The van der Waals surface area contributed by atoms with Crippen LogP contribution in [0.2, 0.25) is 0 Å². The van der Waals surface area contributed by atoms with E-state index in [-0.39, 0.29) is 17.2 Å². The Bertz CT molecular complexity index is 612. The maximum atomic E-state index is 11.8. The predicted octanol–water partition coefficient (Wildman–Crippen LogP) is 0.669. The number of rotatable bonds is 2. The molecule has 0 aliphatic heterocycles. The number of amides is 1. The molecule has 2 heterocycles. The number of H-pyrrole nitrogens is 1. The topological polar surface area (TPSA) is 79.8 Å². The Balaban J connectivity index is 2.23. The van der Waals surface area contributed by atoms with E-state index in [2.05, 4.69) is 15.4 Å². The largest absolute Gasteiger partial charge is 0.318 e. The first-order chi connectivity index (χ1) is 8.06. The minimum atomic E-state index is -0.370. The van der Waals surface area contributed by atoms with E-state index in [4.69, 9.17) is 0 Å². The molecule has 0 aliphatic rings. The standard InChI is InChI=1S/C11H12N4O2/c1-7-6-9(15(2)14-7)13-11(17)8-4-3-5-10(16)12-8/h3-6H,1-2H3,(H,12,16)(H,13,17). The zero-order valence-corrected chi connectivity index (χ0v) is 9.52. The monoisotopic (exact) mass is 232 g/mol. The molecule has 6 nitrogen and oxygen atoms in total. The SMILES string of the molecule is Cc1cc(NC(=O)c2cccc(=O)[nH]2)n(C)n1. The molecule has 0 unspecified atom stereocenters. The molecule has 0 saturated carbocycles. The van der Waals surface area contributed by atoms with E-state index in [1.165, 1.54) is 12.1 Å². The molecule has 0 fully saturated rings. The van der Waals surface area contributed by atoms with Crippen LogP contribution in [0.5, 0.6) is 0 Å². The molecule has 2 aromatic rings. The summed E-state index contributed by atoms with van der Waals surface area (Å²) in [6.07, 6.45) is 0. The van der Waals surface area contributed by atoms with Crippen LogP contribution in [-0.2, 0) is 7.05 Å². The molecule has 2 aromatic heterocycles. The Labute approximate surface area is 97.3 Å². The molecule has 6 heteroatoms. The number of nitrogens with zero attached hydrogens (tertiary/aromatic N) is 2. The van der Waals surface area contributed by atoms with Crippen LogP contribution in [-0.4, -0.2) is 20.7 Å². The highest BCUT2D eigenvalue weighted by Gasteiger charge is 2.09. The highest BCUT2D eigenvalue weighted by molar-refractivity contribution is 6.02. The van der Waals surface area contributed by atoms with Crippen LogP contribution in [0.15, 0.2) is 29.1 Å². The Morgan fingerprint density at radius 3 is 2.82 bits per heavy atom. The molecule has 1 amide bonds. The third-order valence-electron chi connectivity index (χ3n) is 2.26. The molecule has 2 N–H and O–H groups in total. The van der Waals surface area contributed by atoms with Crippen LogP contribution in [0.1, 0.15) is 16.2 Å². The smallest absolute Gasteiger partial charge is 0.273 e. The summed E-state index contributed by atoms with van der Waals surface area (Å²) < 4.78 is 1.56. The number of aromatic amines is 1. The van der Waals surface area contributed by atoms with Crippen LogP contribution in [0.3, 0.4) is 0 Å². The minimum Gasteiger partial charge on any atom is -0.318 e. The van der Waals surface area contributed by atoms with E-state index in [0.29, 0.717) is 5.82 Å². The van der Waals surface area contributed by atoms with E-state index in [9.17, 15) is 9.59 Å². The molecular formula is C11H12N4O2. The van der Waals surface area contributed by atoms with Gasteiger partial charge in [0.05, 0.1) is 5.69 Å². The van der Waals surface area contributed by atoms with Crippen molar-refractivity contribution >= 4 is 11.7 Å². The van der Waals surface area contributed by atoms with Gasteiger partial charge in [0.1, 0.15) is 11.5 Å². The maximum Gasteiger partial charge on any atom is 0.273 e. The van der Waals surface area contributed by atoms with Gasteiger partial charge in [0.25, 0.3) is 5.91 Å². The lowest BCUT2D eigenvalue weighted by molar-refractivity contribution is 0.102. The summed E-state index contributed by atoms with van der Waals surface area (Å²) in [5, 5.41) is 6.77. The van der Waals surface area contributed by atoms with Gasteiger partial charge in [-0.1, -0.05) is 6.07 Å². The van der Waals surface area contributed by atoms with Crippen molar-refractivity contribution in [1.82, 2.24) is 14.8 Å². The van der Waals surface area contributed by atoms with Gasteiger partial charge in [0, 0.05) is 19.2 Å². The highest BCUT2D eigenvalue weighted by Crippen LogP contribution is 2.08. The van der Waals surface area contributed by atoms with E-state index in [0.717, 1.165) is 5.69 Å². The quantitative estimate of drug-likeness (QED) is 0.798. The fourth-order valence-corrected chi connectivity index (χ4v) is 1.49. The van der Waals surface area contributed by atoms with Gasteiger partial charge in [-0.3, -0.25) is 14.3 Å². The third kappa shape index (κ3) is 2.41. The Morgan fingerprint density at radius 2 is 2.24 bits per heavy atom. The second kappa shape index (κ2) is 4.25. The second-order valence-corrected chi connectivity index (χ2v) is 3.68.